The fourth-order valence-electron chi connectivity index (χ4n) is 8.28. The molecule has 4 aliphatic rings. The van der Waals surface area contributed by atoms with Gasteiger partial charge in [0.1, 0.15) is 5.75 Å². The van der Waals surface area contributed by atoms with Crippen LogP contribution in [-0.2, 0) is 19.4 Å². The Hall–Kier alpha value is -1.36. The zero-order valence-electron chi connectivity index (χ0n) is 24.1. The fraction of sp³-hybridized carbons (Fsp3) is 0.600. The van der Waals surface area contributed by atoms with Gasteiger partial charge >= 0.3 is 0 Å². The van der Waals surface area contributed by atoms with Crippen LogP contribution in [0.2, 0.25) is 0 Å². The predicted octanol–water partition coefficient (Wildman–Crippen LogP) is 8.96. The largest absolute Gasteiger partial charge is 0.508 e. The molecule has 6 bridgehead atoms. The minimum absolute atomic E-state index is 0.162. The van der Waals surface area contributed by atoms with Gasteiger partial charge in [-0.25, -0.2) is 0 Å². The number of hydrogen-bond acceptors (Lipinski definition) is 4. The van der Waals surface area contributed by atoms with Crippen molar-refractivity contribution in [3.63, 3.8) is 0 Å². The first-order chi connectivity index (χ1) is 18.8. The lowest BCUT2D eigenvalue weighted by Crippen LogP contribution is -2.44. The molecule has 39 heavy (non-hydrogen) atoms. The maximum atomic E-state index is 10.8. The van der Waals surface area contributed by atoms with E-state index in [1.165, 1.54) is 73.0 Å². The number of aromatic hydroxyl groups is 1. The Labute approximate surface area is 244 Å². The third kappa shape index (κ3) is 6.44. The summed E-state index contributed by atoms with van der Waals surface area (Å²) >= 11 is 0. The van der Waals surface area contributed by atoms with Gasteiger partial charge in [-0.15, -0.1) is 0 Å². The molecular weight excluding hydrogens is 515 g/mol. The average Bonchev–Trinajstić information content (AvgIpc) is 3.09. The van der Waals surface area contributed by atoms with E-state index in [1.807, 2.05) is 12.1 Å². The second-order valence-electron chi connectivity index (χ2n) is 14.0. The van der Waals surface area contributed by atoms with Crippen LogP contribution in [0.3, 0.4) is 0 Å². The molecule has 2 N–H and O–H groups in total. The van der Waals surface area contributed by atoms with Crippen molar-refractivity contribution in [1.82, 2.24) is 5.32 Å². The minimum Gasteiger partial charge on any atom is -0.508 e. The first-order valence-corrected chi connectivity index (χ1v) is 17.7. The van der Waals surface area contributed by atoms with Gasteiger partial charge in [0.2, 0.25) is 0 Å². The van der Waals surface area contributed by atoms with Gasteiger partial charge in [-0.05, 0) is 128 Å². The Morgan fingerprint density at radius 2 is 1.82 bits per heavy atom. The zero-order valence-corrected chi connectivity index (χ0v) is 25.8. The van der Waals surface area contributed by atoms with Crippen molar-refractivity contribution in [3.8, 4) is 5.75 Å². The number of benzene rings is 2. The first kappa shape index (κ1) is 27.8. The summed E-state index contributed by atoms with van der Waals surface area (Å²) < 4.78 is 0. The van der Waals surface area contributed by atoms with Crippen molar-refractivity contribution in [2.75, 3.05) is 5.75 Å². The van der Waals surface area contributed by atoms with Gasteiger partial charge in [-0.3, -0.25) is 0 Å². The van der Waals surface area contributed by atoms with Gasteiger partial charge in [-0.2, -0.15) is 0 Å². The van der Waals surface area contributed by atoms with E-state index < -0.39 is 0 Å². The van der Waals surface area contributed by atoms with Crippen molar-refractivity contribution in [2.45, 2.75) is 95.9 Å². The second kappa shape index (κ2) is 11.5. The Balaban J connectivity index is 1.36. The van der Waals surface area contributed by atoms with Crippen LogP contribution in [0.25, 0.3) is 0 Å². The highest BCUT2D eigenvalue weighted by atomic mass is 33.1. The van der Waals surface area contributed by atoms with Crippen molar-refractivity contribution in [2.24, 2.45) is 29.1 Å². The standard InChI is InChI=1S/C35H47NOS2/c1-24-7-6-11-34(2,21-24)31-17-26-13-25-14-27(19-32(37)18-25)15-28-8-4-5-9-29(28)22-36-35(3)12-10-33(39-38-23-35)30(16-26)20-31/h4-6,8-9,11,14,18-19,24,26,30-31,33,36-37H,7,10,12-13,15-17,20-23H2,1-3H3/t24-,26-,30+,31-,33-,34-,35-/m0/s1. The molecule has 2 aromatic carbocycles. The van der Waals surface area contributed by atoms with E-state index in [4.69, 9.17) is 0 Å². The normalized spacial score (nSPS) is 37.2. The van der Waals surface area contributed by atoms with Gasteiger partial charge in [-0.1, -0.05) is 77.9 Å². The molecule has 0 spiro atoms. The molecule has 2 aromatic rings. The summed E-state index contributed by atoms with van der Waals surface area (Å²) in [6.07, 6.45) is 16.2. The number of phenolic OH excluding ortho intramolecular Hbond substituents is 1. The van der Waals surface area contributed by atoms with Gasteiger partial charge in [0.15, 0.2) is 0 Å². The second-order valence-corrected chi connectivity index (χ2v) is 16.6. The van der Waals surface area contributed by atoms with E-state index >= 15 is 0 Å². The molecule has 1 saturated heterocycles. The summed E-state index contributed by atoms with van der Waals surface area (Å²) in [5.41, 5.74) is 5.80. The lowest BCUT2D eigenvalue weighted by Gasteiger charge is -2.47. The maximum Gasteiger partial charge on any atom is 0.116 e. The van der Waals surface area contributed by atoms with Crippen LogP contribution in [0.5, 0.6) is 5.75 Å². The molecule has 2 heterocycles. The summed E-state index contributed by atoms with van der Waals surface area (Å²) in [4.78, 5) is 0. The van der Waals surface area contributed by atoms with E-state index in [1.54, 1.807) is 0 Å². The number of nitrogens with one attached hydrogen (secondary N) is 1. The zero-order chi connectivity index (χ0) is 27.0. The van der Waals surface area contributed by atoms with Crippen LogP contribution >= 0.6 is 21.6 Å². The molecule has 2 aliphatic carbocycles. The monoisotopic (exact) mass is 561 g/mol. The Morgan fingerprint density at radius 3 is 2.67 bits per heavy atom. The minimum atomic E-state index is 0.162. The predicted molar refractivity (Wildman–Crippen MR) is 169 cm³/mol. The summed E-state index contributed by atoms with van der Waals surface area (Å²) in [5.74, 6) is 4.60. The molecule has 1 saturated carbocycles. The molecule has 0 unspecified atom stereocenters. The van der Waals surface area contributed by atoms with E-state index in [9.17, 15) is 5.11 Å². The fourth-order valence-corrected chi connectivity index (χ4v) is 11.9. The lowest BCUT2D eigenvalue weighted by atomic mass is 9.59. The molecule has 0 amide bonds. The number of rotatable bonds is 1. The van der Waals surface area contributed by atoms with Crippen molar-refractivity contribution >= 4 is 21.6 Å². The number of hydrogen-bond donors (Lipinski definition) is 2. The van der Waals surface area contributed by atoms with Crippen molar-refractivity contribution in [1.29, 1.82) is 0 Å². The molecule has 6 rings (SSSR count). The van der Waals surface area contributed by atoms with Crippen LogP contribution in [0, 0.1) is 29.1 Å². The molecule has 0 radical (unpaired) electrons. The Morgan fingerprint density at radius 1 is 1.00 bits per heavy atom. The summed E-state index contributed by atoms with van der Waals surface area (Å²) in [7, 11) is 4.33. The van der Waals surface area contributed by atoms with Crippen molar-refractivity contribution < 1.29 is 5.11 Å². The SMILES string of the molecule is C[C@H]1CC=C[C@](C)([C@H]2C[C@H]3Cc4cc(O)cc(c4)Cc4ccccc4CN[C@@]4(C)CC[C@H](SSC4)[C@H](C3)C2)C1. The maximum absolute atomic E-state index is 10.8. The topological polar surface area (TPSA) is 32.3 Å². The van der Waals surface area contributed by atoms with Crippen molar-refractivity contribution in [3.05, 3.63) is 76.9 Å². The van der Waals surface area contributed by atoms with E-state index in [2.05, 4.69) is 90.2 Å². The van der Waals surface area contributed by atoms with E-state index in [0.29, 0.717) is 17.1 Å². The Bertz CT molecular complexity index is 1190. The molecule has 210 valence electrons. The quantitative estimate of drug-likeness (QED) is 0.269. The highest BCUT2D eigenvalue weighted by Gasteiger charge is 2.43. The van der Waals surface area contributed by atoms with Crippen LogP contribution in [0.15, 0.2) is 54.6 Å². The molecule has 4 heteroatoms. The van der Waals surface area contributed by atoms with Crippen LogP contribution in [0.4, 0.5) is 0 Å². The van der Waals surface area contributed by atoms with Crippen LogP contribution in [-0.4, -0.2) is 21.6 Å². The van der Waals surface area contributed by atoms with Gasteiger partial charge < -0.3 is 10.4 Å². The van der Waals surface area contributed by atoms with Crippen LogP contribution in [0.1, 0.15) is 88.0 Å². The first-order valence-electron chi connectivity index (χ1n) is 15.4. The molecular formula is C35H47NOS2. The third-order valence-corrected chi connectivity index (χ3v) is 13.7. The molecule has 2 fully saturated rings. The van der Waals surface area contributed by atoms with Gasteiger partial charge in [0.05, 0.1) is 0 Å². The van der Waals surface area contributed by atoms with Crippen LogP contribution < -0.4 is 5.32 Å². The number of allylic oxidation sites excluding steroid dienone is 2. The van der Waals surface area contributed by atoms with E-state index in [-0.39, 0.29) is 5.54 Å². The number of phenols is 1. The highest BCUT2D eigenvalue weighted by molar-refractivity contribution is 8.77. The number of fused-ring (bicyclic) bond motifs is 9. The lowest BCUT2D eigenvalue weighted by molar-refractivity contribution is 0.0837. The average molecular weight is 562 g/mol. The smallest absolute Gasteiger partial charge is 0.116 e. The molecule has 2 nitrogen and oxygen atoms in total. The summed E-state index contributed by atoms with van der Waals surface area (Å²) in [6.45, 7) is 8.37. The summed E-state index contributed by atoms with van der Waals surface area (Å²) in [6, 6.07) is 15.3. The van der Waals surface area contributed by atoms with Gasteiger partial charge in [0.25, 0.3) is 0 Å². The van der Waals surface area contributed by atoms with E-state index in [0.717, 1.165) is 42.4 Å². The third-order valence-electron chi connectivity index (χ3n) is 10.5. The summed E-state index contributed by atoms with van der Waals surface area (Å²) in [5, 5.41) is 15.5. The molecule has 0 aromatic heterocycles. The Kier molecular flexibility index (Phi) is 8.19. The highest BCUT2D eigenvalue weighted by Crippen LogP contribution is 2.53. The molecule has 2 aliphatic heterocycles. The molecule has 7 atom stereocenters. The van der Waals surface area contributed by atoms with Gasteiger partial charge in [0, 0.05) is 23.1 Å².